The number of rotatable bonds is 10. The molecule has 2 aromatic rings. The van der Waals surface area contributed by atoms with E-state index in [4.69, 9.17) is 4.74 Å². The lowest BCUT2D eigenvalue weighted by molar-refractivity contribution is -0.137. The number of alkyl halides is 5. The SMILES string of the molecule is CSc1cc(OC(F)F)cnc1C(C)OCCC(C)(C)S(=O)(=O)c1cccc(C(F)(F)F)c1. The zero-order valence-corrected chi connectivity index (χ0v) is 20.0. The van der Waals surface area contributed by atoms with Crippen LogP contribution >= 0.6 is 11.8 Å². The predicted molar refractivity (Wildman–Crippen MR) is 114 cm³/mol. The average molecular weight is 514 g/mol. The highest BCUT2D eigenvalue weighted by Crippen LogP contribution is 2.35. The van der Waals surface area contributed by atoms with Crippen LogP contribution in [0.2, 0.25) is 0 Å². The topological polar surface area (TPSA) is 65.5 Å². The average Bonchev–Trinajstić information content (AvgIpc) is 2.72. The third-order valence-corrected chi connectivity index (χ3v) is 8.26. The molecule has 1 unspecified atom stereocenters. The van der Waals surface area contributed by atoms with E-state index >= 15 is 0 Å². The van der Waals surface area contributed by atoms with E-state index in [1.165, 1.54) is 31.7 Å². The molecule has 0 N–H and O–H groups in total. The van der Waals surface area contributed by atoms with E-state index < -0.39 is 43.9 Å². The van der Waals surface area contributed by atoms with Crippen molar-refractivity contribution >= 4 is 21.6 Å². The molecule has 0 fully saturated rings. The molecule has 0 spiro atoms. The minimum atomic E-state index is -4.66. The van der Waals surface area contributed by atoms with Crippen molar-refractivity contribution in [1.29, 1.82) is 0 Å². The highest BCUT2D eigenvalue weighted by molar-refractivity contribution is 7.98. The number of pyridine rings is 1. The molecule has 1 aromatic heterocycles. The van der Waals surface area contributed by atoms with E-state index in [0.717, 1.165) is 24.4 Å². The monoisotopic (exact) mass is 513 g/mol. The molecule has 0 amide bonds. The molecule has 33 heavy (non-hydrogen) atoms. The van der Waals surface area contributed by atoms with E-state index in [1.807, 2.05) is 0 Å². The summed E-state index contributed by atoms with van der Waals surface area (Å²) >= 11 is 1.25. The number of nitrogens with zero attached hydrogens (tertiary/aromatic N) is 1. The minimum Gasteiger partial charge on any atom is -0.433 e. The molecule has 0 saturated carbocycles. The van der Waals surface area contributed by atoms with Gasteiger partial charge in [0.25, 0.3) is 0 Å². The number of hydrogen-bond acceptors (Lipinski definition) is 6. The normalized spacial score (nSPS) is 13.9. The molecule has 0 saturated heterocycles. The first-order valence-corrected chi connectivity index (χ1v) is 12.4. The number of sulfone groups is 1. The van der Waals surface area contributed by atoms with Crippen LogP contribution in [0.1, 0.15) is 44.6 Å². The van der Waals surface area contributed by atoms with Crippen LogP contribution in [0.3, 0.4) is 0 Å². The fourth-order valence-corrected chi connectivity index (χ4v) is 5.12. The molecule has 5 nitrogen and oxygen atoms in total. The fraction of sp³-hybridized carbons (Fsp3) is 0.476. The van der Waals surface area contributed by atoms with Gasteiger partial charge in [0.2, 0.25) is 0 Å². The molecule has 0 aliphatic rings. The van der Waals surface area contributed by atoms with Crippen molar-refractivity contribution in [3.05, 3.63) is 47.8 Å². The molecule has 12 heteroatoms. The van der Waals surface area contributed by atoms with Gasteiger partial charge in [0.05, 0.1) is 33.2 Å². The Morgan fingerprint density at radius 3 is 2.39 bits per heavy atom. The molecule has 1 heterocycles. The van der Waals surface area contributed by atoms with Crippen molar-refractivity contribution in [2.24, 2.45) is 0 Å². The molecule has 0 aliphatic carbocycles. The molecule has 0 radical (unpaired) electrons. The van der Waals surface area contributed by atoms with Gasteiger partial charge in [-0.05, 0) is 57.7 Å². The van der Waals surface area contributed by atoms with Crippen LogP contribution in [0.15, 0.2) is 46.3 Å². The van der Waals surface area contributed by atoms with Gasteiger partial charge in [-0.1, -0.05) is 6.07 Å². The number of benzene rings is 1. The van der Waals surface area contributed by atoms with Crippen LogP contribution < -0.4 is 4.74 Å². The summed E-state index contributed by atoms with van der Waals surface area (Å²) in [6.45, 7) is 1.49. The van der Waals surface area contributed by atoms with Crippen molar-refractivity contribution in [2.45, 2.75) is 60.6 Å². The van der Waals surface area contributed by atoms with E-state index in [0.29, 0.717) is 16.7 Å². The summed E-state index contributed by atoms with van der Waals surface area (Å²) in [7, 11) is -4.10. The van der Waals surface area contributed by atoms with E-state index in [-0.39, 0.29) is 18.8 Å². The fourth-order valence-electron chi connectivity index (χ4n) is 2.93. The summed E-state index contributed by atoms with van der Waals surface area (Å²) in [6.07, 6.45) is -2.39. The molecule has 184 valence electrons. The van der Waals surface area contributed by atoms with Crippen LogP contribution in [-0.2, 0) is 20.8 Å². The van der Waals surface area contributed by atoms with Gasteiger partial charge in [-0.25, -0.2) is 8.42 Å². The predicted octanol–water partition coefficient (Wildman–Crippen LogP) is 6.14. The Hall–Kier alpha value is -1.92. The van der Waals surface area contributed by atoms with Gasteiger partial charge in [-0.15, -0.1) is 11.8 Å². The number of aromatic nitrogens is 1. The van der Waals surface area contributed by atoms with E-state index in [1.54, 1.807) is 13.2 Å². The molecule has 2 rings (SSSR count). The van der Waals surface area contributed by atoms with Crippen LogP contribution in [0.5, 0.6) is 5.75 Å². The standard InChI is InChI=1S/C21H24F5NO4S2/c1-13(18-17(32-4)11-15(12-27-18)31-19(22)23)30-9-8-20(2,3)33(28,29)16-7-5-6-14(10-16)21(24,25)26/h5-7,10-13,19H,8-9H2,1-4H3. The summed E-state index contributed by atoms with van der Waals surface area (Å²) in [5.74, 6) is -0.0985. The molecule has 0 aliphatic heterocycles. The highest BCUT2D eigenvalue weighted by atomic mass is 32.2. The minimum absolute atomic E-state index is 0.00288. The summed E-state index contributed by atoms with van der Waals surface area (Å²) in [4.78, 5) is 4.25. The van der Waals surface area contributed by atoms with Crippen molar-refractivity contribution < 1.29 is 39.8 Å². The van der Waals surface area contributed by atoms with Gasteiger partial charge >= 0.3 is 12.8 Å². The second-order valence-corrected chi connectivity index (χ2v) is 11.1. The largest absolute Gasteiger partial charge is 0.433 e. The van der Waals surface area contributed by atoms with Crippen LogP contribution in [0, 0.1) is 0 Å². The summed E-state index contributed by atoms with van der Waals surface area (Å²) in [6, 6.07) is 5.03. The number of halogens is 5. The first kappa shape index (κ1) is 27.3. The van der Waals surface area contributed by atoms with Gasteiger partial charge in [0.1, 0.15) is 5.75 Å². The van der Waals surface area contributed by atoms with Crippen molar-refractivity contribution in [3.63, 3.8) is 0 Å². The summed E-state index contributed by atoms with van der Waals surface area (Å²) < 4.78 is 98.4. The van der Waals surface area contributed by atoms with Crippen molar-refractivity contribution in [1.82, 2.24) is 4.98 Å². The molecular weight excluding hydrogens is 489 g/mol. The Balaban J connectivity index is 2.11. The number of thioether (sulfide) groups is 1. The van der Waals surface area contributed by atoms with Gasteiger partial charge < -0.3 is 9.47 Å². The van der Waals surface area contributed by atoms with Crippen molar-refractivity contribution in [3.8, 4) is 5.75 Å². The van der Waals surface area contributed by atoms with E-state index in [9.17, 15) is 30.4 Å². The van der Waals surface area contributed by atoms with Crippen LogP contribution in [0.25, 0.3) is 0 Å². The zero-order chi connectivity index (χ0) is 25.0. The van der Waals surface area contributed by atoms with Gasteiger partial charge in [-0.3, -0.25) is 4.98 Å². The number of ether oxygens (including phenoxy) is 2. The Kier molecular flexibility index (Phi) is 8.74. The van der Waals surface area contributed by atoms with Gasteiger partial charge in [0, 0.05) is 11.5 Å². The maximum absolute atomic E-state index is 13.0. The first-order valence-electron chi connectivity index (χ1n) is 9.71. The Morgan fingerprint density at radius 1 is 1.15 bits per heavy atom. The van der Waals surface area contributed by atoms with E-state index in [2.05, 4.69) is 9.72 Å². The Morgan fingerprint density at radius 2 is 1.82 bits per heavy atom. The molecule has 1 atom stereocenters. The van der Waals surface area contributed by atoms with Crippen LogP contribution in [-0.4, -0.2) is 37.6 Å². The summed E-state index contributed by atoms with van der Waals surface area (Å²) in [5, 5.41) is 0. The lowest BCUT2D eigenvalue weighted by atomic mass is 10.1. The summed E-state index contributed by atoms with van der Waals surface area (Å²) in [5.41, 5.74) is -0.582. The highest BCUT2D eigenvalue weighted by Gasteiger charge is 2.38. The third kappa shape index (κ3) is 6.80. The second kappa shape index (κ2) is 10.6. The number of hydrogen-bond donors (Lipinski definition) is 0. The van der Waals surface area contributed by atoms with Gasteiger partial charge in [0.15, 0.2) is 9.84 Å². The maximum Gasteiger partial charge on any atom is 0.416 e. The Bertz CT molecular complexity index is 1060. The molecule has 1 aromatic carbocycles. The first-order chi connectivity index (χ1) is 15.2. The second-order valence-electron chi connectivity index (χ2n) is 7.69. The van der Waals surface area contributed by atoms with Crippen LogP contribution in [0.4, 0.5) is 22.0 Å². The smallest absolute Gasteiger partial charge is 0.416 e. The Labute approximate surface area is 193 Å². The third-order valence-electron chi connectivity index (χ3n) is 4.96. The maximum atomic E-state index is 13.0. The molecule has 0 bridgehead atoms. The quantitative estimate of drug-likeness (QED) is 0.281. The molecular formula is C21H24F5NO4S2. The van der Waals surface area contributed by atoms with Gasteiger partial charge in [-0.2, -0.15) is 22.0 Å². The lowest BCUT2D eigenvalue weighted by Gasteiger charge is -2.26. The lowest BCUT2D eigenvalue weighted by Crippen LogP contribution is -2.33. The van der Waals surface area contributed by atoms with Crippen molar-refractivity contribution in [2.75, 3.05) is 12.9 Å². The zero-order valence-electron chi connectivity index (χ0n) is 18.3.